The molecule has 1 aromatic carbocycles. The van der Waals surface area contributed by atoms with Gasteiger partial charge in [-0.3, -0.25) is 9.48 Å². The van der Waals surface area contributed by atoms with Gasteiger partial charge in [-0.05, 0) is 24.6 Å². The van der Waals surface area contributed by atoms with Crippen LogP contribution in [0.2, 0.25) is 5.02 Å². The van der Waals surface area contributed by atoms with E-state index in [-0.39, 0.29) is 5.78 Å². The van der Waals surface area contributed by atoms with E-state index in [1.807, 2.05) is 25.1 Å². The van der Waals surface area contributed by atoms with E-state index < -0.39 is 0 Å². The zero-order chi connectivity index (χ0) is 12.3. The van der Waals surface area contributed by atoms with Crippen LogP contribution >= 0.6 is 11.6 Å². The zero-order valence-electron chi connectivity index (χ0n) is 9.56. The van der Waals surface area contributed by atoms with Gasteiger partial charge in [0.1, 0.15) is 0 Å². The van der Waals surface area contributed by atoms with Crippen molar-refractivity contribution < 1.29 is 4.79 Å². The third-order valence-electron chi connectivity index (χ3n) is 2.53. The molecule has 0 unspecified atom stereocenters. The highest BCUT2D eigenvalue weighted by molar-refractivity contribution is 6.30. The third-order valence-corrected chi connectivity index (χ3v) is 2.77. The molecule has 0 radical (unpaired) electrons. The Labute approximate surface area is 105 Å². The second kappa shape index (κ2) is 5.15. The van der Waals surface area contributed by atoms with Gasteiger partial charge >= 0.3 is 0 Å². The predicted molar refractivity (Wildman–Crippen MR) is 67.4 cm³/mol. The van der Waals surface area contributed by atoms with E-state index in [1.54, 1.807) is 23.1 Å². The van der Waals surface area contributed by atoms with E-state index in [0.29, 0.717) is 17.0 Å². The molecule has 1 heterocycles. The van der Waals surface area contributed by atoms with Crippen molar-refractivity contribution in [3.63, 3.8) is 0 Å². The summed E-state index contributed by atoms with van der Waals surface area (Å²) in [6, 6.07) is 7.35. The molecule has 2 rings (SSSR count). The molecule has 0 N–H and O–H groups in total. The average molecular weight is 249 g/mol. The summed E-state index contributed by atoms with van der Waals surface area (Å²) >= 11 is 5.87. The van der Waals surface area contributed by atoms with Crippen molar-refractivity contribution >= 4 is 17.4 Å². The minimum absolute atomic E-state index is 0.0620. The van der Waals surface area contributed by atoms with E-state index in [2.05, 4.69) is 5.10 Å². The van der Waals surface area contributed by atoms with E-state index >= 15 is 0 Å². The second-order valence-electron chi connectivity index (χ2n) is 3.81. The summed E-state index contributed by atoms with van der Waals surface area (Å²) in [5.41, 5.74) is 1.57. The first kappa shape index (κ1) is 11.9. The number of halogens is 1. The number of hydrogen-bond donors (Lipinski definition) is 0. The van der Waals surface area contributed by atoms with Gasteiger partial charge in [0.25, 0.3) is 0 Å². The summed E-state index contributed by atoms with van der Waals surface area (Å²) in [4.78, 5) is 12.0. The number of rotatable bonds is 4. The van der Waals surface area contributed by atoms with Crippen molar-refractivity contribution in [3.8, 4) is 0 Å². The van der Waals surface area contributed by atoms with Crippen LogP contribution in [0.3, 0.4) is 0 Å². The monoisotopic (exact) mass is 248 g/mol. The number of benzene rings is 1. The van der Waals surface area contributed by atoms with Gasteiger partial charge in [-0.1, -0.05) is 23.7 Å². The first-order valence-corrected chi connectivity index (χ1v) is 5.87. The summed E-state index contributed by atoms with van der Waals surface area (Å²) in [6.07, 6.45) is 3.74. The normalized spacial score (nSPS) is 10.5. The lowest BCUT2D eigenvalue weighted by Gasteiger charge is -1.99. The van der Waals surface area contributed by atoms with Gasteiger partial charge in [-0.15, -0.1) is 0 Å². The molecule has 0 spiro atoms. The van der Waals surface area contributed by atoms with Gasteiger partial charge in [0, 0.05) is 24.2 Å². The molecule has 0 aliphatic carbocycles. The molecule has 0 fully saturated rings. The molecule has 88 valence electrons. The second-order valence-corrected chi connectivity index (χ2v) is 4.25. The van der Waals surface area contributed by atoms with Crippen LogP contribution in [0, 0.1) is 0 Å². The molecule has 0 aliphatic heterocycles. The van der Waals surface area contributed by atoms with Crippen molar-refractivity contribution in [2.45, 2.75) is 19.9 Å². The fourth-order valence-electron chi connectivity index (χ4n) is 1.61. The van der Waals surface area contributed by atoms with Gasteiger partial charge in [0.15, 0.2) is 5.78 Å². The Morgan fingerprint density at radius 3 is 2.94 bits per heavy atom. The molecular formula is C13H13ClN2O. The SMILES string of the molecule is CCn1cc(C(=O)Cc2cccc(Cl)c2)cn1. The summed E-state index contributed by atoms with van der Waals surface area (Å²) in [7, 11) is 0. The van der Waals surface area contributed by atoms with E-state index in [0.717, 1.165) is 12.1 Å². The Hall–Kier alpha value is -1.61. The van der Waals surface area contributed by atoms with E-state index in [9.17, 15) is 4.79 Å². The Kier molecular flexibility index (Phi) is 3.59. The molecule has 3 nitrogen and oxygen atoms in total. The van der Waals surface area contributed by atoms with Crippen LogP contribution in [0.4, 0.5) is 0 Å². The maximum absolute atomic E-state index is 12.0. The molecule has 0 bridgehead atoms. The van der Waals surface area contributed by atoms with Crippen LogP contribution in [0.1, 0.15) is 22.8 Å². The molecule has 0 amide bonds. The number of carbonyl (C=O) groups excluding carboxylic acids is 1. The summed E-state index contributed by atoms with van der Waals surface area (Å²) in [5.74, 6) is 0.0620. The lowest BCUT2D eigenvalue weighted by Crippen LogP contribution is -2.02. The van der Waals surface area contributed by atoms with Gasteiger partial charge in [0.2, 0.25) is 0 Å². The third kappa shape index (κ3) is 2.94. The van der Waals surface area contributed by atoms with Crippen LogP contribution in [-0.4, -0.2) is 15.6 Å². The molecule has 1 aromatic heterocycles. The molecular weight excluding hydrogens is 236 g/mol. The molecule has 0 saturated heterocycles. The predicted octanol–water partition coefficient (Wildman–Crippen LogP) is 2.98. The highest BCUT2D eigenvalue weighted by Crippen LogP contribution is 2.13. The smallest absolute Gasteiger partial charge is 0.170 e. The fraction of sp³-hybridized carbons (Fsp3) is 0.231. The number of aromatic nitrogens is 2. The molecule has 2 aromatic rings. The van der Waals surface area contributed by atoms with Gasteiger partial charge in [0.05, 0.1) is 11.8 Å². The number of carbonyl (C=O) groups is 1. The van der Waals surface area contributed by atoms with Crippen molar-refractivity contribution in [2.24, 2.45) is 0 Å². The number of hydrogen-bond acceptors (Lipinski definition) is 2. The Balaban J connectivity index is 2.11. The van der Waals surface area contributed by atoms with Gasteiger partial charge in [-0.25, -0.2) is 0 Å². The van der Waals surface area contributed by atoms with Crippen molar-refractivity contribution in [1.82, 2.24) is 9.78 Å². The fourth-order valence-corrected chi connectivity index (χ4v) is 1.83. The molecule has 17 heavy (non-hydrogen) atoms. The number of ketones is 1. The van der Waals surface area contributed by atoms with Crippen LogP contribution < -0.4 is 0 Å². The Morgan fingerprint density at radius 1 is 1.47 bits per heavy atom. The molecule has 0 saturated carbocycles. The first-order valence-electron chi connectivity index (χ1n) is 5.49. The van der Waals surface area contributed by atoms with Crippen molar-refractivity contribution in [1.29, 1.82) is 0 Å². The van der Waals surface area contributed by atoms with E-state index in [4.69, 9.17) is 11.6 Å². The quantitative estimate of drug-likeness (QED) is 0.780. The summed E-state index contributed by atoms with van der Waals surface area (Å²) < 4.78 is 1.74. The minimum atomic E-state index is 0.0620. The van der Waals surface area contributed by atoms with E-state index in [1.165, 1.54) is 0 Å². The Bertz CT molecular complexity index is 534. The lowest BCUT2D eigenvalue weighted by atomic mass is 10.1. The lowest BCUT2D eigenvalue weighted by molar-refractivity contribution is 0.0993. The first-order chi connectivity index (χ1) is 8.19. The van der Waals surface area contributed by atoms with Gasteiger partial charge in [-0.2, -0.15) is 5.10 Å². The van der Waals surface area contributed by atoms with Crippen LogP contribution in [0.25, 0.3) is 0 Å². The number of aryl methyl sites for hydroxylation is 1. The average Bonchev–Trinajstić information content (AvgIpc) is 2.77. The molecule has 0 atom stereocenters. The maximum Gasteiger partial charge on any atom is 0.170 e. The van der Waals surface area contributed by atoms with Gasteiger partial charge < -0.3 is 0 Å². The molecule has 4 heteroatoms. The van der Waals surface area contributed by atoms with Crippen LogP contribution in [-0.2, 0) is 13.0 Å². The zero-order valence-corrected chi connectivity index (χ0v) is 10.3. The highest BCUT2D eigenvalue weighted by Gasteiger charge is 2.09. The summed E-state index contributed by atoms with van der Waals surface area (Å²) in [6.45, 7) is 2.75. The number of Topliss-reactive ketones (excluding diaryl/α,β-unsaturated/α-hetero) is 1. The summed E-state index contributed by atoms with van der Waals surface area (Å²) in [5, 5.41) is 4.74. The Morgan fingerprint density at radius 2 is 2.29 bits per heavy atom. The number of nitrogens with zero attached hydrogens (tertiary/aromatic N) is 2. The van der Waals surface area contributed by atoms with Crippen molar-refractivity contribution in [3.05, 3.63) is 52.8 Å². The topological polar surface area (TPSA) is 34.9 Å². The highest BCUT2D eigenvalue weighted by atomic mass is 35.5. The maximum atomic E-state index is 12.0. The largest absolute Gasteiger partial charge is 0.294 e. The van der Waals surface area contributed by atoms with Crippen molar-refractivity contribution in [2.75, 3.05) is 0 Å². The van der Waals surface area contributed by atoms with Crippen LogP contribution in [0.15, 0.2) is 36.7 Å². The standard InChI is InChI=1S/C13H13ClN2O/c1-2-16-9-11(8-15-16)13(17)7-10-4-3-5-12(14)6-10/h3-6,8-9H,2,7H2,1H3. The minimum Gasteiger partial charge on any atom is -0.294 e. The molecule has 0 aliphatic rings. The van der Waals surface area contributed by atoms with Crippen LogP contribution in [0.5, 0.6) is 0 Å².